The van der Waals surface area contributed by atoms with Gasteiger partial charge in [0.1, 0.15) is 0 Å². The molecule has 0 saturated carbocycles. The van der Waals surface area contributed by atoms with Crippen molar-refractivity contribution in [3.63, 3.8) is 0 Å². The van der Waals surface area contributed by atoms with Crippen LogP contribution in [0.15, 0.2) is 53.4 Å². The largest absolute Gasteiger partial charge is 0.369 e. The molecule has 30 heavy (non-hydrogen) atoms. The van der Waals surface area contributed by atoms with Gasteiger partial charge in [-0.3, -0.25) is 14.9 Å². The number of nitrogens with one attached hydrogen (secondary N) is 2. The highest BCUT2D eigenvalue weighted by Crippen LogP contribution is 2.38. The van der Waals surface area contributed by atoms with Crippen LogP contribution in [0.25, 0.3) is 17.2 Å². The predicted octanol–water partition coefficient (Wildman–Crippen LogP) is 4.89. The molecule has 0 radical (unpaired) electrons. The lowest BCUT2D eigenvalue weighted by Crippen LogP contribution is -2.44. The molecule has 2 fully saturated rings. The van der Waals surface area contributed by atoms with E-state index in [0.717, 1.165) is 60.1 Å². The summed E-state index contributed by atoms with van der Waals surface area (Å²) >= 11 is 0.961. The summed E-state index contributed by atoms with van der Waals surface area (Å²) in [5.41, 5.74) is 4.37. The molecule has 2 heterocycles. The van der Waals surface area contributed by atoms with Crippen molar-refractivity contribution < 1.29 is 9.59 Å². The molecule has 6 heteroatoms. The Morgan fingerprint density at radius 1 is 1.10 bits per heavy atom. The molecule has 2 amide bonds. The van der Waals surface area contributed by atoms with Gasteiger partial charge in [-0.15, -0.1) is 0 Å². The highest BCUT2D eigenvalue weighted by Gasteiger charge is 2.27. The van der Waals surface area contributed by atoms with Gasteiger partial charge in [-0.1, -0.05) is 62.4 Å². The number of imide groups is 1. The lowest BCUT2D eigenvalue weighted by molar-refractivity contribution is -0.115. The van der Waals surface area contributed by atoms with Gasteiger partial charge in [0, 0.05) is 24.7 Å². The van der Waals surface area contributed by atoms with Gasteiger partial charge < -0.3 is 10.2 Å². The van der Waals surface area contributed by atoms with Crippen molar-refractivity contribution in [3.8, 4) is 11.1 Å². The highest BCUT2D eigenvalue weighted by molar-refractivity contribution is 8.18. The van der Waals surface area contributed by atoms with Crippen LogP contribution in [0.1, 0.15) is 32.3 Å². The number of hydrogen-bond donors (Lipinski definition) is 2. The summed E-state index contributed by atoms with van der Waals surface area (Å²) in [7, 11) is 2.01. The lowest BCUT2D eigenvalue weighted by atomic mass is 9.96. The van der Waals surface area contributed by atoms with E-state index in [1.165, 1.54) is 0 Å². The minimum atomic E-state index is -0.321. The second-order valence-electron chi connectivity index (χ2n) is 7.04. The monoisotopic (exact) mass is 423 g/mol. The molecule has 2 N–H and O–H groups in total. The third-order valence-corrected chi connectivity index (χ3v) is 6.04. The molecular weight excluding hydrogens is 394 g/mol. The summed E-state index contributed by atoms with van der Waals surface area (Å²) in [6.07, 6.45) is 4.11. The molecule has 5 nitrogen and oxygen atoms in total. The first kappa shape index (κ1) is 22.1. The Morgan fingerprint density at radius 2 is 1.87 bits per heavy atom. The van der Waals surface area contributed by atoms with E-state index in [9.17, 15) is 9.59 Å². The third-order valence-electron chi connectivity index (χ3n) is 5.23. The number of para-hydroxylation sites is 1. The Kier molecular flexibility index (Phi) is 7.71. The summed E-state index contributed by atoms with van der Waals surface area (Å²) in [6, 6.07) is 16.9. The fourth-order valence-corrected chi connectivity index (χ4v) is 4.53. The number of benzene rings is 2. The van der Waals surface area contributed by atoms with Crippen LogP contribution in [0.3, 0.4) is 0 Å². The van der Waals surface area contributed by atoms with Crippen LogP contribution in [0.5, 0.6) is 0 Å². The van der Waals surface area contributed by atoms with E-state index in [4.69, 9.17) is 0 Å². The molecule has 0 unspecified atom stereocenters. The summed E-state index contributed by atoms with van der Waals surface area (Å²) < 4.78 is 0. The Bertz CT molecular complexity index is 927. The van der Waals surface area contributed by atoms with Gasteiger partial charge in [0.15, 0.2) is 0 Å². The van der Waals surface area contributed by atoms with E-state index in [1.54, 1.807) is 0 Å². The maximum absolute atomic E-state index is 12.1. The van der Waals surface area contributed by atoms with Crippen molar-refractivity contribution in [1.29, 1.82) is 0 Å². The SMILES string of the molecule is CC.CN[C@H]1CCCN(c2c(/C=C3\SC(=O)NC3=O)cccc2-c2ccccc2)C1. The zero-order valence-corrected chi connectivity index (χ0v) is 18.6. The Hall–Kier alpha value is -2.57. The van der Waals surface area contributed by atoms with Crippen LogP contribution in [0, 0.1) is 0 Å². The second-order valence-corrected chi connectivity index (χ2v) is 8.05. The molecular formula is C24H29N3O2S. The van der Waals surface area contributed by atoms with E-state index < -0.39 is 0 Å². The molecule has 0 spiro atoms. The van der Waals surface area contributed by atoms with Crippen LogP contribution in [-0.4, -0.2) is 37.3 Å². The van der Waals surface area contributed by atoms with Crippen LogP contribution >= 0.6 is 11.8 Å². The number of carbonyl (C=O) groups excluding carboxylic acids is 2. The Morgan fingerprint density at radius 3 is 2.53 bits per heavy atom. The number of hydrogen-bond acceptors (Lipinski definition) is 5. The standard InChI is InChI=1S/C22H23N3O2S.C2H6/c1-23-17-10-6-12-25(14-17)20-16(13-19-21(26)24-22(27)28-19)9-5-11-18(20)15-7-3-2-4-8-15;1-2/h2-5,7-9,11,13,17,23H,6,10,12,14H2,1H3,(H,24,26,27);1-2H3/b19-13-;/t17-;/m0./s1. The maximum Gasteiger partial charge on any atom is 0.290 e. The van der Waals surface area contributed by atoms with Crippen molar-refractivity contribution in [2.24, 2.45) is 0 Å². The number of amides is 2. The Labute approximate surface area is 182 Å². The van der Waals surface area contributed by atoms with Gasteiger partial charge in [-0.05, 0) is 48.9 Å². The lowest BCUT2D eigenvalue weighted by Gasteiger charge is -2.36. The molecule has 2 saturated heterocycles. The van der Waals surface area contributed by atoms with Crippen molar-refractivity contribution in [3.05, 3.63) is 59.0 Å². The second kappa shape index (κ2) is 10.5. The van der Waals surface area contributed by atoms with E-state index >= 15 is 0 Å². The number of piperidine rings is 1. The fraction of sp³-hybridized carbons (Fsp3) is 0.333. The summed E-state index contributed by atoms with van der Waals surface area (Å²) in [5, 5.41) is 5.43. The summed E-state index contributed by atoms with van der Waals surface area (Å²) in [4.78, 5) is 26.5. The number of carbonyl (C=O) groups is 2. The van der Waals surface area contributed by atoms with Gasteiger partial charge in [0.25, 0.3) is 11.1 Å². The smallest absolute Gasteiger partial charge is 0.290 e. The number of anilines is 1. The Balaban J connectivity index is 0.00000124. The fourth-order valence-electron chi connectivity index (χ4n) is 3.86. The first-order valence-electron chi connectivity index (χ1n) is 10.5. The zero-order chi connectivity index (χ0) is 21.5. The van der Waals surface area contributed by atoms with Gasteiger partial charge >= 0.3 is 0 Å². The van der Waals surface area contributed by atoms with Gasteiger partial charge in [0.2, 0.25) is 0 Å². The number of thioether (sulfide) groups is 1. The van der Waals surface area contributed by atoms with Crippen LogP contribution < -0.4 is 15.5 Å². The van der Waals surface area contributed by atoms with E-state index in [-0.39, 0.29) is 11.1 Å². The van der Waals surface area contributed by atoms with Gasteiger partial charge in [0.05, 0.1) is 10.6 Å². The molecule has 4 rings (SSSR count). The first-order chi connectivity index (χ1) is 14.7. The molecule has 2 aliphatic heterocycles. The van der Waals surface area contributed by atoms with Crippen LogP contribution in [0.2, 0.25) is 0 Å². The molecule has 1 atom stereocenters. The number of rotatable bonds is 4. The van der Waals surface area contributed by atoms with E-state index in [0.29, 0.717) is 10.9 Å². The number of nitrogens with zero attached hydrogens (tertiary/aromatic N) is 1. The summed E-state index contributed by atoms with van der Waals surface area (Å²) in [6.45, 7) is 5.88. The average molecular weight is 424 g/mol. The molecule has 2 aromatic carbocycles. The minimum Gasteiger partial charge on any atom is -0.369 e. The molecule has 0 aromatic heterocycles. The molecule has 0 aliphatic carbocycles. The molecule has 158 valence electrons. The van der Waals surface area contributed by atoms with E-state index in [1.807, 2.05) is 57.3 Å². The van der Waals surface area contributed by atoms with E-state index in [2.05, 4.69) is 33.7 Å². The van der Waals surface area contributed by atoms with Crippen molar-refractivity contribution in [2.75, 3.05) is 25.0 Å². The molecule has 2 aromatic rings. The predicted molar refractivity (Wildman–Crippen MR) is 127 cm³/mol. The third kappa shape index (κ3) is 4.94. The maximum atomic E-state index is 12.1. The number of likely N-dealkylation sites (N-methyl/N-ethyl adjacent to an activating group) is 1. The van der Waals surface area contributed by atoms with Crippen molar-refractivity contribution in [1.82, 2.24) is 10.6 Å². The van der Waals surface area contributed by atoms with Crippen LogP contribution in [0.4, 0.5) is 10.5 Å². The topological polar surface area (TPSA) is 61.4 Å². The quantitative estimate of drug-likeness (QED) is 0.686. The first-order valence-corrected chi connectivity index (χ1v) is 11.3. The van der Waals surface area contributed by atoms with Gasteiger partial charge in [-0.25, -0.2) is 0 Å². The zero-order valence-electron chi connectivity index (χ0n) is 17.8. The van der Waals surface area contributed by atoms with Gasteiger partial charge in [-0.2, -0.15) is 0 Å². The van der Waals surface area contributed by atoms with Crippen LogP contribution in [-0.2, 0) is 4.79 Å². The normalized spacial score (nSPS) is 20.0. The highest BCUT2D eigenvalue weighted by atomic mass is 32.2. The molecule has 2 aliphatic rings. The average Bonchev–Trinajstić information content (AvgIpc) is 3.12. The van der Waals surface area contributed by atoms with Crippen molar-refractivity contribution >= 4 is 34.7 Å². The minimum absolute atomic E-state index is 0.315. The molecule has 0 bridgehead atoms. The summed E-state index contributed by atoms with van der Waals surface area (Å²) in [5.74, 6) is -0.321. The van der Waals surface area contributed by atoms with Crippen molar-refractivity contribution in [2.45, 2.75) is 32.7 Å².